The summed E-state index contributed by atoms with van der Waals surface area (Å²) in [4.78, 5) is 49.6. The predicted molar refractivity (Wildman–Crippen MR) is 104 cm³/mol. The summed E-state index contributed by atoms with van der Waals surface area (Å²) in [6.07, 6.45) is 2.49. The Morgan fingerprint density at radius 3 is 2.67 bits per heavy atom. The van der Waals surface area contributed by atoms with Crippen LogP contribution in [-0.4, -0.2) is 50.7 Å². The molecule has 0 bridgehead atoms. The number of aliphatic carboxylic acids is 1. The van der Waals surface area contributed by atoms with Gasteiger partial charge in [0, 0.05) is 12.1 Å². The van der Waals surface area contributed by atoms with Gasteiger partial charge in [-0.1, -0.05) is 6.07 Å². The van der Waals surface area contributed by atoms with E-state index < -0.39 is 28.6 Å². The highest BCUT2D eigenvalue weighted by Gasteiger charge is 2.36. The summed E-state index contributed by atoms with van der Waals surface area (Å²) < 4.78 is 10.8. The summed E-state index contributed by atoms with van der Waals surface area (Å²) in [7, 11) is 1.40. The third-order valence-electron chi connectivity index (χ3n) is 3.80. The Bertz CT molecular complexity index is 1070. The Labute approximate surface area is 173 Å². The van der Waals surface area contributed by atoms with Crippen LogP contribution in [0.4, 0.5) is 10.5 Å². The Morgan fingerprint density at radius 1 is 1.30 bits per heavy atom. The quantitative estimate of drug-likeness (QED) is 0.394. The number of methoxy groups -OCH3 is 1. The van der Waals surface area contributed by atoms with Crippen LogP contribution in [0.2, 0.25) is 0 Å². The first-order valence-corrected chi connectivity index (χ1v) is 9.03. The van der Waals surface area contributed by atoms with E-state index in [1.54, 1.807) is 12.1 Å². The number of imide groups is 1. The number of nitro groups is 1. The first-order valence-electron chi connectivity index (χ1n) is 8.22. The fourth-order valence-electron chi connectivity index (χ4n) is 2.43. The third kappa shape index (κ3) is 4.55. The van der Waals surface area contributed by atoms with Crippen LogP contribution in [-0.2, 0) is 9.59 Å². The lowest BCUT2D eigenvalue weighted by atomic mass is 10.2. The number of carboxylic acid groups (broad SMARTS) is 1. The highest BCUT2D eigenvalue weighted by Crippen LogP contribution is 2.35. The molecule has 0 atom stereocenters. The maximum atomic E-state index is 12.2. The molecule has 1 aromatic heterocycles. The number of thioether (sulfide) groups is 1. The molecule has 2 heterocycles. The van der Waals surface area contributed by atoms with Crippen LogP contribution >= 0.6 is 11.8 Å². The number of hydrogen-bond donors (Lipinski definition) is 1. The molecule has 1 aliphatic rings. The smallest absolute Gasteiger partial charge is 0.323 e. The third-order valence-corrected chi connectivity index (χ3v) is 4.71. The van der Waals surface area contributed by atoms with E-state index in [4.69, 9.17) is 14.6 Å². The van der Waals surface area contributed by atoms with Crippen LogP contribution in [0.1, 0.15) is 5.56 Å². The van der Waals surface area contributed by atoms with Crippen LogP contribution in [0, 0.1) is 10.1 Å². The van der Waals surface area contributed by atoms with Gasteiger partial charge in [-0.05, 0) is 35.5 Å². The van der Waals surface area contributed by atoms with Crippen LogP contribution in [0.5, 0.6) is 17.4 Å². The molecular weight excluding hydrogens is 418 g/mol. The van der Waals surface area contributed by atoms with Gasteiger partial charge in [0.2, 0.25) is 5.88 Å². The second kappa shape index (κ2) is 8.61. The number of amides is 2. The molecule has 0 saturated carbocycles. The summed E-state index contributed by atoms with van der Waals surface area (Å²) in [5, 5.41) is 18.8. The number of aromatic nitrogens is 1. The lowest BCUT2D eigenvalue weighted by Crippen LogP contribution is -2.33. The van der Waals surface area contributed by atoms with E-state index in [1.165, 1.54) is 31.4 Å². The number of hydrogen-bond acceptors (Lipinski definition) is 9. The van der Waals surface area contributed by atoms with Crippen molar-refractivity contribution in [3.05, 3.63) is 57.1 Å². The fourth-order valence-corrected chi connectivity index (χ4v) is 3.27. The van der Waals surface area contributed by atoms with Gasteiger partial charge < -0.3 is 14.6 Å². The van der Waals surface area contributed by atoms with Crippen LogP contribution in [0.3, 0.4) is 0 Å². The van der Waals surface area contributed by atoms with Crippen LogP contribution in [0.15, 0.2) is 41.4 Å². The largest absolute Gasteiger partial charge is 0.493 e. The van der Waals surface area contributed by atoms with Crippen LogP contribution < -0.4 is 9.47 Å². The van der Waals surface area contributed by atoms with Gasteiger partial charge in [-0.2, -0.15) is 0 Å². The van der Waals surface area contributed by atoms with E-state index in [0.29, 0.717) is 22.2 Å². The highest BCUT2D eigenvalue weighted by atomic mass is 32.2. The SMILES string of the molecule is COc1cc(/C=C2/SC(=O)N(CC(=O)O)C2=O)ccc1Oc1ccc([N+](=O)[O-])cn1. The highest BCUT2D eigenvalue weighted by molar-refractivity contribution is 8.18. The fraction of sp³-hybridized carbons (Fsp3) is 0.111. The second-order valence-electron chi connectivity index (χ2n) is 5.79. The molecule has 0 radical (unpaired) electrons. The summed E-state index contributed by atoms with van der Waals surface area (Å²) in [6.45, 7) is -0.708. The zero-order valence-electron chi connectivity index (χ0n) is 15.3. The summed E-state index contributed by atoms with van der Waals surface area (Å²) >= 11 is 0.641. The summed E-state index contributed by atoms with van der Waals surface area (Å²) in [6, 6.07) is 7.26. The Hall–Kier alpha value is -3.93. The number of pyridine rings is 1. The van der Waals surface area contributed by atoms with Gasteiger partial charge >= 0.3 is 5.97 Å². The van der Waals surface area contributed by atoms with Gasteiger partial charge in [0.15, 0.2) is 11.5 Å². The first-order chi connectivity index (χ1) is 14.3. The molecule has 1 N–H and O–H groups in total. The molecule has 1 fully saturated rings. The molecule has 1 aromatic carbocycles. The van der Waals surface area contributed by atoms with E-state index in [0.717, 1.165) is 6.20 Å². The number of carboxylic acids is 1. The van der Waals surface area contributed by atoms with E-state index in [9.17, 15) is 24.5 Å². The molecule has 0 unspecified atom stereocenters. The van der Waals surface area contributed by atoms with Crippen molar-refractivity contribution >= 4 is 40.6 Å². The summed E-state index contributed by atoms with van der Waals surface area (Å²) in [5.74, 6) is -1.31. The number of carbonyl (C=O) groups excluding carboxylic acids is 2. The molecule has 3 rings (SSSR count). The zero-order valence-corrected chi connectivity index (χ0v) is 16.1. The van der Waals surface area contributed by atoms with Crippen molar-refractivity contribution in [2.24, 2.45) is 0 Å². The van der Waals surface area contributed by atoms with E-state index in [2.05, 4.69) is 4.98 Å². The van der Waals surface area contributed by atoms with Gasteiger partial charge in [0.05, 0.1) is 16.9 Å². The van der Waals surface area contributed by atoms with Crippen molar-refractivity contribution in [3.8, 4) is 17.4 Å². The standard InChI is InChI=1S/C18H13N3O8S/c1-28-13-6-10(7-14-17(24)20(9-16(22)23)18(25)30-14)2-4-12(13)29-15-5-3-11(8-19-15)21(26)27/h2-8H,9H2,1H3,(H,22,23)/b14-7+. The summed E-state index contributed by atoms with van der Waals surface area (Å²) in [5.41, 5.74) is 0.332. The van der Waals surface area contributed by atoms with Crippen molar-refractivity contribution in [3.63, 3.8) is 0 Å². The maximum Gasteiger partial charge on any atom is 0.323 e. The van der Waals surface area contributed by atoms with E-state index >= 15 is 0 Å². The van der Waals surface area contributed by atoms with Gasteiger partial charge in [-0.25, -0.2) is 4.98 Å². The molecule has 0 spiro atoms. The minimum absolute atomic E-state index is 0.0778. The van der Waals surface area contributed by atoms with Crippen molar-refractivity contribution < 1.29 is 33.9 Å². The first kappa shape index (κ1) is 20.8. The van der Waals surface area contributed by atoms with Crippen LogP contribution in [0.25, 0.3) is 6.08 Å². The van der Waals surface area contributed by atoms with E-state index in [1.807, 2.05) is 0 Å². The number of carbonyl (C=O) groups is 3. The average Bonchev–Trinajstić information content (AvgIpc) is 2.96. The van der Waals surface area contributed by atoms with Crippen molar-refractivity contribution in [2.45, 2.75) is 0 Å². The second-order valence-corrected chi connectivity index (χ2v) is 6.78. The number of ether oxygens (including phenoxy) is 2. The number of benzene rings is 1. The molecule has 12 heteroatoms. The molecule has 1 saturated heterocycles. The molecule has 1 aliphatic heterocycles. The average molecular weight is 431 g/mol. The molecule has 11 nitrogen and oxygen atoms in total. The predicted octanol–water partition coefficient (Wildman–Crippen LogP) is 2.91. The zero-order chi connectivity index (χ0) is 21.8. The molecule has 0 aliphatic carbocycles. The van der Waals surface area contributed by atoms with Gasteiger partial charge in [0.25, 0.3) is 16.8 Å². The van der Waals surface area contributed by atoms with Gasteiger partial charge in [-0.3, -0.25) is 29.4 Å². The molecular formula is C18H13N3O8S. The Balaban J connectivity index is 1.81. The monoisotopic (exact) mass is 431 g/mol. The minimum Gasteiger partial charge on any atom is -0.493 e. The number of rotatable bonds is 7. The van der Waals surface area contributed by atoms with Crippen molar-refractivity contribution in [1.29, 1.82) is 0 Å². The molecule has 30 heavy (non-hydrogen) atoms. The topological polar surface area (TPSA) is 149 Å². The van der Waals surface area contributed by atoms with Crippen molar-refractivity contribution in [2.75, 3.05) is 13.7 Å². The van der Waals surface area contributed by atoms with Gasteiger partial charge in [0.1, 0.15) is 12.7 Å². The normalized spacial score (nSPS) is 14.8. The molecule has 154 valence electrons. The number of nitrogens with zero attached hydrogens (tertiary/aromatic N) is 3. The maximum absolute atomic E-state index is 12.2. The van der Waals surface area contributed by atoms with Gasteiger partial charge in [-0.15, -0.1) is 0 Å². The minimum atomic E-state index is -1.29. The lowest BCUT2D eigenvalue weighted by Gasteiger charge is -2.10. The Morgan fingerprint density at radius 2 is 2.07 bits per heavy atom. The lowest BCUT2D eigenvalue weighted by molar-refractivity contribution is -0.385. The molecule has 2 amide bonds. The van der Waals surface area contributed by atoms with Crippen molar-refractivity contribution in [1.82, 2.24) is 9.88 Å². The molecule has 2 aromatic rings. The van der Waals surface area contributed by atoms with E-state index in [-0.39, 0.29) is 28.0 Å². The Kier molecular flexibility index (Phi) is 5.97.